The summed E-state index contributed by atoms with van der Waals surface area (Å²) in [6, 6.07) is 6.00. The van der Waals surface area contributed by atoms with Crippen molar-refractivity contribution in [1.82, 2.24) is 20.5 Å². The molecule has 1 atom stereocenters. The molecule has 2 aromatic heterocycles. The number of nitrogens with one attached hydrogen (secondary N) is 2. The van der Waals surface area contributed by atoms with Crippen molar-refractivity contribution >= 4 is 28.8 Å². The highest BCUT2D eigenvalue weighted by Gasteiger charge is 2.53. The van der Waals surface area contributed by atoms with E-state index in [9.17, 15) is 14.4 Å². The lowest BCUT2D eigenvalue weighted by molar-refractivity contribution is -0.125. The molecule has 0 unspecified atom stereocenters. The number of nitrogens with zero attached hydrogens (tertiary/aromatic N) is 2. The number of aromatic nitrogens is 1. The third-order valence-corrected chi connectivity index (χ3v) is 5.60. The molecule has 2 aliphatic heterocycles. The molecule has 4 amide bonds. The number of ether oxygens (including phenoxy) is 2. The fraction of sp³-hybridized carbons (Fsp3) is 0.238. The Labute approximate surface area is 176 Å². The Kier molecular flexibility index (Phi) is 4.10. The first-order valence-electron chi connectivity index (χ1n) is 9.47. The van der Waals surface area contributed by atoms with E-state index < -0.39 is 17.5 Å². The normalized spacial score (nSPS) is 20.1. The van der Waals surface area contributed by atoms with E-state index in [0.717, 1.165) is 5.56 Å². The molecule has 0 spiro atoms. The second kappa shape index (κ2) is 6.73. The van der Waals surface area contributed by atoms with E-state index in [1.807, 2.05) is 0 Å². The summed E-state index contributed by atoms with van der Waals surface area (Å²) in [5.74, 6) is 0.272. The highest BCUT2D eigenvalue weighted by molar-refractivity contribution is 6.08. The van der Waals surface area contributed by atoms with E-state index in [4.69, 9.17) is 13.9 Å². The number of carbonyl (C=O) groups is 3. The Balaban J connectivity index is 1.54. The number of hydrogen-bond donors (Lipinski definition) is 2. The van der Waals surface area contributed by atoms with Crippen molar-refractivity contribution < 1.29 is 28.3 Å². The summed E-state index contributed by atoms with van der Waals surface area (Å²) in [6.45, 7) is 0.122. The van der Waals surface area contributed by atoms with Crippen molar-refractivity contribution in [2.24, 2.45) is 0 Å². The fourth-order valence-corrected chi connectivity index (χ4v) is 4.06. The summed E-state index contributed by atoms with van der Waals surface area (Å²) in [4.78, 5) is 43.6. The number of benzene rings is 1. The highest BCUT2D eigenvalue weighted by Crippen LogP contribution is 2.37. The number of rotatable bonds is 5. The van der Waals surface area contributed by atoms with Crippen LogP contribution in [0.2, 0.25) is 0 Å². The van der Waals surface area contributed by atoms with Crippen LogP contribution in [0.5, 0.6) is 11.5 Å². The molecular formula is C21H18N4O6. The van der Waals surface area contributed by atoms with E-state index in [1.54, 1.807) is 36.7 Å². The Morgan fingerprint density at radius 2 is 1.94 bits per heavy atom. The Morgan fingerprint density at radius 3 is 2.61 bits per heavy atom. The topological polar surface area (TPSA) is 123 Å². The van der Waals surface area contributed by atoms with Gasteiger partial charge in [-0.25, -0.2) is 4.79 Å². The molecular weight excluding hydrogens is 404 g/mol. The predicted octanol–water partition coefficient (Wildman–Crippen LogP) is 1.54. The standard InChI is InChI=1S/C21H18N4O6/c1-29-15-5-12-9-25(18(26)13(12)7-16(15)30-2)10-21(19(27)23-20(28)24-21)17-6-11-8-22-4-3-14(11)31-17/h3-8H,9-10H2,1-2H3,(H2,23,24,27,28)/t21-/m1/s1. The van der Waals surface area contributed by atoms with Gasteiger partial charge in [-0.1, -0.05) is 0 Å². The summed E-state index contributed by atoms with van der Waals surface area (Å²) in [7, 11) is 3.01. The average molecular weight is 422 g/mol. The zero-order valence-corrected chi connectivity index (χ0v) is 16.7. The molecule has 0 bridgehead atoms. The van der Waals surface area contributed by atoms with Gasteiger partial charge in [0.25, 0.3) is 11.8 Å². The van der Waals surface area contributed by atoms with Gasteiger partial charge < -0.3 is 24.1 Å². The van der Waals surface area contributed by atoms with Crippen LogP contribution in [0.15, 0.2) is 41.1 Å². The van der Waals surface area contributed by atoms with Gasteiger partial charge in [-0.3, -0.25) is 19.9 Å². The number of carbonyl (C=O) groups excluding carboxylic acids is 3. The van der Waals surface area contributed by atoms with E-state index in [0.29, 0.717) is 28.0 Å². The minimum absolute atomic E-state index is 0.115. The van der Waals surface area contributed by atoms with Crippen LogP contribution in [0, 0.1) is 0 Å². The predicted molar refractivity (Wildman–Crippen MR) is 107 cm³/mol. The molecule has 0 saturated carbocycles. The minimum atomic E-state index is -1.57. The van der Waals surface area contributed by atoms with Gasteiger partial charge in [0.2, 0.25) is 0 Å². The van der Waals surface area contributed by atoms with E-state index in [-0.39, 0.29) is 24.8 Å². The number of imide groups is 1. The van der Waals surface area contributed by atoms with Crippen molar-refractivity contribution in [2.75, 3.05) is 20.8 Å². The Morgan fingerprint density at radius 1 is 1.16 bits per heavy atom. The molecule has 0 aliphatic carbocycles. The van der Waals surface area contributed by atoms with Crippen LogP contribution in [0.4, 0.5) is 4.79 Å². The lowest BCUT2D eigenvalue weighted by atomic mass is 9.95. The van der Waals surface area contributed by atoms with Crippen LogP contribution in [-0.2, 0) is 16.9 Å². The number of hydrogen-bond acceptors (Lipinski definition) is 7. The van der Waals surface area contributed by atoms with Gasteiger partial charge in [0.15, 0.2) is 17.0 Å². The third kappa shape index (κ3) is 2.79. The van der Waals surface area contributed by atoms with Crippen LogP contribution in [0.1, 0.15) is 21.7 Å². The molecule has 2 N–H and O–H groups in total. The van der Waals surface area contributed by atoms with Gasteiger partial charge >= 0.3 is 6.03 Å². The highest BCUT2D eigenvalue weighted by atomic mass is 16.5. The van der Waals surface area contributed by atoms with Crippen LogP contribution >= 0.6 is 0 Å². The molecule has 10 nitrogen and oxygen atoms in total. The maximum atomic E-state index is 13.1. The fourth-order valence-electron chi connectivity index (χ4n) is 4.06. The lowest BCUT2D eigenvalue weighted by Gasteiger charge is -2.29. The molecule has 3 aromatic rings. The summed E-state index contributed by atoms with van der Waals surface area (Å²) < 4.78 is 16.5. The van der Waals surface area contributed by atoms with Crippen molar-refractivity contribution in [2.45, 2.75) is 12.1 Å². The van der Waals surface area contributed by atoms with Crippen molar-refractivity contribution in [3.05, 3.63) is 53.5 Å². The minimum Gasteiger partial charge on any atom is -0.493 e. The van der Waals surface area contributed by atoms with Gasteiger partial charge in [0, 0.05) is 29.9 Å². The molecule has 4 heterocycles. The van der Waals surface area contributed by atoms with Crippen LogP contribution in [0.25, 0.3) is 11.0 Å². The van der Waals surface area contributed by atoms with Crippen LogP contribution < -0.4 is 20.1 Å². The quantitative estimate of drug-likeness (QED) is 0.598. The number of amides is 4. The zero-order valence-electron chi connectivity index (χ0n) is 16.7. The van der Waals surface area contributed by atoms with Gasteiger partial charge in [0.05, 0.1) is 20.8 Å². The molecule has 10 heteroatoms. The molecule has 31 heavy (non-hydrogen) atoms. The summed E-state index contributed by atoms with van der Waals surface area (Å²) in [5.41, 5.74) is 0.133. The van der Waals surface area contributed by atoms with Crippen molar-refractivity contribution in [3.63, 3.8) is 0 Å². The number of furan rings is 1. The average Bonchev–Trinajstić information content (AvgIpc) is 3.41. The molecule has 158 valence electrons. The lowest BCUT2D eigenvalue weighted by Crippen LogP contribution is -2.52. The number of methoxy groups -OCH3 is 2. The monoisotopic (exact) mass is 422 g/mol. The Hall–Kier alpha value is -4.08. The first kappa shape index (κ1) is 18.9. The number of urea groups is 1. The maximum Gasteiger partial charge on any atom is 0.322 e. The van der Waals surface area contributed by atoms with Crippen molar-refractivity contribution in [1.29, 1.82) is 0 Å². The first-order chi connectivity index (χ1) is 14.9. The molecule has 0 radical (unpaired) electrons. The molecule has 1 fully saturated rings. The largest absolute Gasteiger partial charge is 0.493 e. The summed E-state index contributed by atoms with van der Waals surface area (Å²) >= 11 is 0. The van der Waals surface area contributed by atoms with Gasteiger partial charge in [-0.2, -0.15) is 0 Å². The number of pyridine rings is 1. The van der Waals surface area contributed by atoms with E-state index in [1.165, 1.54) is 19.1 Å². The molecule has 1 aromatic carbocycles. The summed E-state index contributed by atoms with van der Waals surface area (Å²) in [6.07, 6.45) is 3.16. The van der Waals surface area contributed by atoms with Crippen LogP contribution in [-0.4, -0.2) is 48.5 Å². The second-order valence-electron chi connectivity index (χ2n) is 7.36. The van der Waals surface area contributed by atoms with Gasteiger partial charge in [0.1, 0.15) is 11.3 Å². The molecule has 2 aliphatic rings. The Bertz CT molecular complexity index is 1220. The zero-order chi connectivity index (χ0) is 21.8. The third-order valence-electron chi connectivity index (χ3n) is 5.60. The molecule has 5 rings (SSSR count). The SMILES string of the molecule is COc1cc2c(cc1OC)C(=O)N(C[C@]1(c3cc4cnccc4o3)NC(=O)NC1=O)C2. The van der Waals surface area contributed by atoms with Gasteiger partial charge in [-0.15, -0.1) is 0 Å². The maximum absolute atomic E-state index is 13.1. The number of fused-ring (bicyclic) bond motifs is 2. The summed E-state index contributed by atoms with van der Waals surface area (Å²) in [5, 5.41) is 5.59. The van der Waals surface area contributed by atoms with Gasteiger partial charge in [-0.05, 0) is 29.8 Å². The second-order valence-corrected chi connectivity index (χ2v) is 7.36. The van der Waals surface area contributed by atoms with E-state index in [2.05, 4.69) is 15.6 Å². The van der Waals surface area contributed by atoms with E-state index >= 15 is 0 Å². The first-order valence-corrected chi connectivity index (χ1v) is 9.47. The molecule has 1 saturated heterocycles. The van der Waals surface area contributed by atoms with Crippen LogP contribution in [0.3, 0.4) is 0 Å². The smallest absolute Gasteiger partial charge is 0.322 e. The van der Waals surface area contributed by atoms with Crippen molar-refractivity contribution in [3.8, 4) is 11.5 Å².